The number of rotatable bonds is 6. The van der Waals surface area contributed by atoms with Gasteiger partial charge in [0.15, 0.2) is 11.3 Å². The lowest BCUT2D eigenvalue weighted by Crippen LogP contribution is -2.53. The molecule has 12 heteroatoms. The van der Waals surface area contributed by atoms with Crippen molar-refractivity contribution < 1.29 is 32.2 Å². The maximum atomic E-state index is 13.1. The van der Waals surface area contributed by atoms with Crippen molar-refractivity contribution in [2.24, 2.45) is 0 Å². The first-order valence-electron chi connectivity index (χ1n) is 10.7. The highest BCUT2D eigenvalue weighted by Crippen LogP contribution is 2.29. The number of pyridine rings is 1. The molecule has 0 saturated carbocycles. The second-order valence-electron chi connectivity index (χ2n) is 8.23. The van der Waals surface area contributed by atoms with Gasteiger partial charge in [-0.15, -0.1) is 0 Å². The van der Waals surface area contributed by atoms with E-state index < -0.39 is 30.6 Å². The number of alkyl halides is 3. The van der Waals surface area contributed by atoms with Gasteiger partial charge in [-0.05, 0) is 32.1 Å². The summed E-state index contributed by atoms with van der Waals surface area (Å²) < 4.78 is 48.9. The lowest BCUT2D eigenvalue weighted by atomic mass is 10.1. The van der Waals surface area contributed by atoms with Crippen LogP contribution in [0.2, 0.25) is 0 Å². The van der Waals surface area contributed by atoms with Gasteiger partial charge in [0, 0.05) is 49.5 Å². The number of aromatic nitrogens is 2. The average molecular weight is 479 g/mol. The number of carbonyl (C=O) groups is 2. The van der Waals surface area contributed by atoms with E-state index in [4.69, 9.17) is 9.47 Å². The number of nitrogens with zero attached hydrogens (tertiary/aromatic N) is 3. The van der Waals surface area contributed by atoms with E-state index in [-0.39, 0.29) is 43.4 Å². The first-order chi connectivity index (χ1) is 16.1. The van der Waals surface area contributed by atoms with Crippen LogP contribution in [0.4, 0.5) is 13.2 Å². The smallest absolute Gasteiger partial charge is 0.401 e. The van der Waals surface area contributed by atoms with Gasteiger partial charge in [-0.2, -0.15) is 13.2 Å². The zero-order valence-electron chi connectivity index (χ0n) is 18.6. The van der Waals surface area contributed by atoms with Gasteiger partial charge in [0.1, 0.15) is 5.65 Å². The number of ketones is 1. The molecule has 0 aromatic carbocycles. The van der Waals surface area contributed by atoms with Gasteiger partial charge < -0.3 is 14.5 Å². The molecule has 0 amide bonds. The number of H-pyrrole nitrogens is 1. The van der Waals surface area contributed by atoms with Crippen LogP contribution in [0.3, 0.4) is 0 Å². The number of aromatic amines is 1. The zero-order chi connectivity index (χ0) is 24.5. The number of halogens is 3. The number of esters is 1. The van der Waals surface area contributed by atoms with Gasteiger partial charge in [0.2, 0.25) is 11.7 Å². The van der Waals surface area contributed by atoms with Crippen LogP contribution in [-0.4, -0.2) is 76.6 Å². The average Bonchev–Trinajstić information content (AvgIpc) is 3.29. The largest absolute Gasteiger partial charge is 0.459 e. The van der Waals surface area contributed by atoms with Gasteiger partial charge in [-0.3, -0.25) is 15.1 Å². The van der Waals surface area contributed by atoms with Crippen molar-refractivity contribution in [2.75, 3.05) is 32.7 Å². The van der Waals surface area contributed by atoms with E-state index >= 15 is 0 Å². The number of hydrazine groups is 1. The number of allylic oxidation sites excluding steroid dienone is 1. The van der Waals surface area contributed by atoms with Crippen LogP contribution in [0.1, 0.15) is 19.4 Å². The van der Waals surface area contributed by atoms with Crippen LogP contribution in [0.15, 0.2) is 41.7 Å². The van der Waals surface area contributed by atoms with Crippen LogP contribution < -0.4 is 5.43 Å². The molecule has 4 heterocycles. The number of fused-ring (bicyclic) bond motifs is 1. The maximum absolute atomic E-state index is 13.1. The minimum atomic E-state index is -4.27. The highest BCUT2D eigenvalue weighted by molar-refractivity contribution is 6.26. The Hall–Kier alpha value is -3.38. The summed E-state index contributed by atoms with van der Waals surface area (Å²) in [6.07, 6.45) is 0.0584. The molecule has 0 radical (unpaired) electrons. The molecule has 0 unspecified atom stereocenters. The fourth-order valence-electron chi connectivity index (χ4n) is 3.72. The molecule has 0 spiro atoms. The lowest BCUT2D eigenvalue weighted by molar-refractivity contribution is -0.150. The molecule has 2 aliphatic heterocycles. The summed E-state index contributed by atoms with van der Waals surface area (Å²) in [4.78, 5) is 34.2. The third kappa shape index (κ3) is 5.39. The van der Waals surface area contributed by atoms with Crippen LogP contribution in [0.5, 0.6) is 0 Å². The van der Waals surface area contributed by atoms with Crippen molar-refractivity contribution in [2.45, 2.75) is 26.1 Å². The van der Waals surface area contributed by atoms with Crippen molar-refractivity contribution in [3.05, 3.63) is 47.3 Å². The SMILES string of the molecule is CC(C)OC(=O)C1=C(NN2CCN(CC(F)(F)F)CC2)O/C(=C\c2c[nH]c3ncccc23)C1=O. The Labute approximate surface area is 193 Å². The fourth-order valence-corrected chi connectivity index (χ4v) is 3.72. The van der Waals surface area contributed by atoms with E-state index in [0.29, 0.717) is 11.2 Å². The second kappa shape index (κ2) is 9.47. The van der Waals surface area contributed by atoms with Crippen LogP contribution >= 0.6 is 0 Å². The summed E-state index contributed by atoms with van der Waals surface area (Å²) in [5.74, 6) is -1.69. The summed E-state index contributed by atoms with van der Waals surface area (Å²) in [5.41, 5.74) is 3.86. The highest BCUT2D eigenvalue weighted by Gasteiger charge is 2.39. The van der Waals surface area contributed by atoms with Gasteiger partial charge in [0.05, 0.1) is 12.6 Å². The quantitative estimate of drug-likeness (QED) is 0.370. The Bertz CT molecular complexity index is 1150. The molecule has 182 valence electrons. The molecule has 1 fully saturated rings. The first-order valence-corrected chi connectivity index (χ1v) is 10.7. The summed E-state index contributed by atoms with van der Waals surface area (Å²) in [5, 5.41) is 2.37. The molecule has 34 heavy (non-hydrogen) atoms. The number of hydrogen-bond acceptors (Lipinski definition) is 8. The van der Waals surface area contributed by atoms with E-state index in [9.17, 15) is 22.8 Å². The summed E-state index contributed by atoms with van der Waals surface area (Å²) in [6.45, 7) is 3.10. The number of hydrogen-bond donors (Lipinski definition) is 2. The van der Waals surface area contributed by atoms with E-state index in [1.54, 1.807) is 37.3 Å². The molecule has 2 aliphatic rings. The number of nitrogens with one attached hydrogen (secondary N) is 2. The van der Waals surface area contributed by atoms with Gasteiger partial charge in [-0.25, -0.2) is 14.8 Å². The molecule has 2 aromatic rings. The number of piperazine rings is 1. The van der Waals surface area contributed by atoms with Crippen molar-refractivity contribution in [1.29, 1.82) is 0 Å². The van der Waals surface area contributed by atoms with Gasteiger partial charge in [-0.1, -0.05) is 0 Å². The minimum Gasteiger partial charge on any atom is -0.459 e. The van der Waals surface area contributed by atoms with Crippen LogP contribution in [0.25, 0.3) is 17.1 Å². The number of Topliss-reactive ketones (excluding diaryl/α,β-unsaturated/α-hetero) is 1. The number of carbonyl (C=O) groups excluding carboxylic acids is 2. The molecular formula is C22H24F3N5O4. The Morgan fingerprint density at radius 2 is 2.06 bits per heavy atom. The van der Waals surface area contributed by atoms with E-state index in [2.05, 4.69) is 15.4 Å². The topological polar surface area (TPSA) is 99.8 Å². The standard InChI is InChI=1S/C22H24F3N5O4/c1-13(2)33-21(32)17-18(31)16(10-14-11-27-19-15(14)4-3-5-26-19)34-20(17)28-30-8-6-29(7-9-30)12-22(23,24)25/h3-5,10-11,13,28H,6-9,12H2,1-2H3,(H,26,27)/b16-10-. The molecule has 0 bridgehead atoms. The van der Waals surface area contributed by atoms with E-state index in [1.165, 1.54) is 11.0 Å². The van der Waals surface area contributed by atoms with Crippen LogP contribution in [0, 0.1) is 0 Å². The van der Waals surface area contributed by atoms with Crippen LogP contribution in [-0.2, 0) is 19.1 Å². The molecule has 0 atom stereocenters. The Morgan fingerprint density at radius 3 is 2.74 bits per heavy atom. The predicted octanol–water partition coefficient (Wildman–Crippen LogP) is 2.35. The lowest BCUT2D eigenvalue weighted by Gasteiger charge is -2.35. The Morgan fingerprint density at radius 1 is 1.32 bits per heavy atom. The van der Waals surface area contributed by atoms with Crippen molar-refractivity contribution >= 4 is 28.9 Å². The first kappa shape index (κ1) is 23.8. The third-order valence-corrected chi connectivity index (χ3v) is 5.24. The Balaban J connectivity index is 1.54. The van der Waals surface area contributed by atoms with Crippen molar-refractivity contribution in [1.82, 2.24) is 25.3 Å². The summed E-state index contributed by atoms with van der Waals surface area (Å²) in [6, 6.07) is 3.58. The molecule has 4 rings (SSSR count). The minimum absolute atomic E-state index is 0.0846. The number of ether oxygens (including phenoxy) is 2. The van der Waals surface area contributed by atoms with E-state index in [1.807, 2.05) is 6.07 Å². The maximum Gasteiger partial charge on any atom is 0.401 e. The normalized spacial score (nSPS) is 19.4. The third-order valence-electron chi connectivity index (χ3n) is 5.24. The second-order valence-corrected chi connectivity index (χ2v) is 8.23. The van der Waals surface area contributed by atoms with Crippen molar-refractivity contribution in [3.8, 4) is 0 Å². The molecule has 2 N–H and O–H groups in total. The molecular weight excluding hydrogens is 455 g/mol. The van der Waals surface area contributed by atoms with Gasteiger partial charge >= 0.3 is 12.1 Å². The van der Waals surface area contributed by atoms with Gasteiger partial charge in [0.25, 0.3) is 0 Å². The Kier molecular flexibility index (Phi) is 6.62. The molecule has 2 aromatic heterocycles. The monoisotopic (exact) mass is 479 g/mol. The highest BCUT2D eigenvalue weighted by atomic mass is 19.4. The fraction of sp³-hybridized carbons (Fsp3) is 0.409. The summed E-state index contributed by atoms with van der Waals surface area (Å²) >= 11 is 0. The molecule has 0 aliphatic carbocycles. The summed E-state index contributed by atoms with van der Waals surface area (Å²) in [7, 11) is 0. The molecule has 9 nitrogen and oxygen atoms in total. The van der Waals surface area contributed by atoms with Crippen molar-refractivity contribution in [3.63, 3.8) is 0 Å². The predicted molar refractivity (Wildman–Crippen MR) is 116 cm³/mol. The zero-order valence-corrected chi connectivity index (χ0v) is 18.6. The van der Waals surface area contributed by atoms with E-state index in [0.717, 1.165) is 5.39 Å². The molecule has 1 saturated heterocycles.